The first kappa shape index (κ1) is 16.8. The molecule has 0 radical (unpaired) electrons. The lowest BCUT2D eigenvalue weighted by atomic mass is 10.0. The van der Waals surface area contributed by atoms with Gasteiger partial charge in [-0.05, 0) is 30.9 Å². The molecule has 122 valence electrons. The van der Waals surface area contributed by atoms with Crippen molar-refractivity contribution >= 4 is 11.6 Å². The fourth-order valence-electron chi connectivity index (χ4n) is 2.65. The predicted molar refractivity (Wildman–Crippen MR) is 90.2 cm³/mol. The van der Waals surface area contributed by atoms with Crippen LogP contribution in [0.4, 0.5) is 5.69 Å². The van der Waals surface area contributed by atoms with Gasteiger partial charge < -0.3 is 20.5 Å². The van der Waals surface area contributed by atoms with Crippen LogP contribution in [0.5, 0.6) is 0 Å². The van der Waals surface area contributed by atoms with Crippen LogP contribution in [-0.2, 0) is 22.3 Å². The molecule has 1 aliphatic rings. The fraction of sp³-hybridized carbons (Fsp3) is 0.588. The molecule has 0 aliphatic carbocycles. The molecule has 2 rings (SSSR count). The maximum absolute atomic E-state index is 6.04. The van der Waals surface area contributed by atoms with Crippen LogP contribution in [0.3, 0.4) is 0 Å². The first-order valence-electron chi connectivity index (χ1n) is 8.03. The molecule has 1 aliphatic heterocycles. The molecule has 0 aromatic heterocycles. The predicted octanol–water partition coefficient (Wildman–Crippen LogP) is 2.69. The average Bonchev–Trinajstić information content (AvgIpc) is 2.94. The largest absolute Gasteiger partial charge is 0.370 e. The number of aryl methyl sites for hydroxylation is 2. The van der Waals surface area contributed by atoms with Gasteiger partial charge >= 0.3 is 0 Å². The van der Waals surface area contributed by atoms with Crippen LogP contribution < -0.4 is 11.1 Å². The Hall–Kier alpha value is -1.59. The highest BCUT2D eigenvalue weighted by atomic mass is 16.7. The van der Waals surface area contributed by atoms with E-state index in [1.165, 1.54) is 11.1 Å². The van der Waals surface area contributed by atoms with Gasteiger partial charge in [0, 0.05) is 18.7 Å². The molecular weight excluding hydrogens is 278 g/mol. The van der Waals surface area contributed by atoms with Crippen LogP contribution in [0.15, 0.2) is 23.2 Å². The number of hydrogen-bond acceptors (Lipinski definition) is 3. The van der Waals surface area contributed by atoms with Gasteiger partial charge in [0.2, 0.25) is 0 Å². The maximum Gasteiger partial charge on any atom is 0.193 e. The minimum atomic E-state index is -0.514. The van der Waals surface area contributed by atoms with Crippen LogP contribution in [0.1, 0.15) is 38.3 Å². The molecule has 0 amide bonds. The molecule has 0 unspecified atom stereocenters. The van der Waals surface area contributed by atoms with Crippen molar-refractivity contribution in [2.24, 2.45) is 10.7 Å². The van der Waals surface area contributed by atoms with Crippen molar-refractivity contribution in [1.29, 1.82) is 0 Å². The standard InChI is InChI=1S/C17H27N3O2/c1-4-13-7-6-8-14(5-2)15(13)20-16(18)19-10-9-17(3)21-11-12-22-17/h6-8H,4-5,9-12H2,1-3H3,(H3,18,19,20). The third-order valence-electron chi connectivity index (χ3n) is 4.00. The van der Waals surface area contributed by atoms with Crippen LogP contribution in [-0.4, -0.2) is 31.5 Å². The van der Waals surface area contributed by atoms with Crippen molar-refractivity contribution in [1.82, 2.24) is 0 Å². The second-order valence-electron chi connectivity index (χ2n) is 5.63. The lowest BCUT2D eigenvalue weighted by molar-refractivity contribution is -0.144. The van der Waals surface area contributed by atoms with Gasteiger partial charge in [0.1, 0.15) is 0 Å². The van der Waals surface area contributed by atoms with Gasteiger partial charge in [0.05, 0.1) is 13.2 Å². The molecule has 1 saturated heterocycles. The van der Waals surface area contributed by atoms with E-state index in [2.05, 4.69) is 42.4 Å². The summed E-state index contributed by atoms with van der Waals surface area (Å²) in [7, 11) is 0. The molecule has 22 heavy (non-hydrogen) atoms. The smallest absolute Gasteiger partial charge is 0.193 e. The highest BCUT2D eigenvalue weighted by Gasteiger charge is 2.30. The Kier molecular flexibility index (Phi) is 5.80. The Bertz CT molecular complexity index is 500. The van der Waals surface area contributed by atoms with Gasteiger partial charge in [-0.2, -0.15) is 0 Å². The molecule has 3 N–H and O–H groups in total. The van der Waals surface area contributed by atoms with Crippen LogP contribution in [0.2, 0.25) is 0 Å². The highest BCUT2D eigenvalue weighted by Crippen LogP contribution is 2.23. The average molecular weight is 305 g/mol. The summed E-state index contributed by atoms with van der Waals surface area (Å²) in [6.07, 6.45) is 2.62. The summed E-state index contributed by atoms with van der Waals surface area (Å²) in [5, 5.41) is 3.26. The summed E-state index contributed by atoms with van der Waals surface area (Å²) < 4.78 is 11.1. The Balaban J connectivity index is 1.99. The number of nitrogens with two attached hydrogens (primary N) is 1. The van der Waals surface area contributed by atoms with E-state index in [1.54, 1.807) is 0 Å². The van der Waals surface area contributed by atoms with Crippen LogP contribution >= 0.6 is 0 Å². The van der Waals surface area contributed by atoms with E-state index in [0.29, 0.717) is 32.1 Å². The van der Waals surface area contributed by atoms with Crippen molar-refractivity contribution in [2.45, 2.75) is 45.8 Å². The van der Waals surface area contributed by atoms with E-state index in [-0.39, 0.29) is 0 Å². The third-order valence-corrected chi connectivity index (χ3v) is 4.00. The van der Waals surface area contributed by atoms with Crippen molar-refractivity contribution in [3.05, 3.63) is 29.3 Å². The maximum atomic E-state index is 6.04. The first-order valence-corrected chi connectivity index (χ1v) is 8.03. The van der Waals surface area contributed by atoms with Gasteiger partial charge in [0.25, 0.3) is 0 Å². The third kappa shape index (κ3) is 4.21. The zero-order valence-corrected chi connectivity index (χ0v) is 13.8. The summed E-state index contributed by atoms with van der Waals surface area (Å²) in [5.74, 6) is -0.0724. The number of para-hydroxylation sites is 1. The number of hydrogen-bond donors (Lipinski definition) is 2. The van der Waals surface area contributed by atoms with Gasteiger partial charge in [-0.1, -0.05) is 32.0 Å². The van der Waals surface area contributed by atoms with E-state index in [4.69, 9.17) is 15.2 Å². The number of rotatable bonds is 6. The minimum Gasteiger partial charge on any atom is -0.370 e. The highest BCUT2D eigenvalue weighted by molar-refractivity contribution is 5.93. The topological polar surface area (TPSA) is 68.9 Å². The fourth-order valence-corrected chi connectivity index (χ4v) is 2.65. The molecular formula is C17H27N3O2. The van der Waals surface area contributed by atoms with Gasteiger partial charge in [-0.15, -0.1) is 0 Å². The quantitative estimate of drug-likeness (QED) is 0.626. The lowest BCUT2D eigenvalue weighted by Gasteiger charge is -2.21. The number of nitrogens with one attached hydrogen (secondary N) is 1. The zero-order chi connectivity index (χ0) is 16.0. The van der Waals surface area contributed by atoms with Crippen molar-refractivity contribution < 1.29 is 9.47 Å². The normalized spacial score (nSPS) is 17.7. The Morgan fingerprint density at radius 2 is 1.82 bits per heavy atom. The molecule has 5 nitrogen and oxygen atoms in total. The molecule has 0 atom stereocenters. The Morgan fingerprint density at radius 3 is 2.36 bits per heavy atom. The van der Waals surface area contributed by atoms with E-state index >= 15 is 0 Å². The molecule has 1 aromatic rings. The van der Waals surface area contributed by atoms with E-state index in [9.17, 15) is 0 Å². The molecule has 1 aromatic carbocycles. The first-order chi connectivity index (χ1) is 10.6. The second kappa shape index (κ2) is 7.61. The van der Waals surface area contributed by atoms with Gasteiger partial charge in [-0.25, -0.2) is 0 Å². The summed E-state index contributed by atoms with van der Waals surface area (Å²) in [6, 6.07) is 6.33. The van der Waals surface area contributed by atoms with Gasteiger partial charge in [0.15, 0.2) is 11.7 Å². The summed E-state index contributed by atoms with van der Waals surface area (Å²) in [6.45, 7) is 8.10. The molecule has 0 bridgehead atoms. The number of ether oxygens (including phenoxy) is 2. The van der Waals surface area contributed by atoms with Crippen molar-refractivity contribution in [3.63, 3.8) is 0 Å². The van der Waals surface area contributed by atoms with E-state index in [0.717, 1.165) is 18.5 Å². The second-order valence-corrected chi connectivity index (χ2v) is 5.63. The Labute approximate surface area is 132 Å². The lowest BCUT2D eigenvalue weighted by Crippen LogP contribution is -2.28. The molecule has 1 fully saturated rings. The Morgan fingerprint density at radius 1 is 1.23 bits per heavy atom. The van der Waals surface area contributed by atoms with Crippen LogP contribution in [0, 0.1) is 0 Å². The number of guanidine groups is 1. The molecule has 5 heteroatoms. The van der Waals surface area contributed by atoms with E-state index < -0.39 is 5.79 Å². The van der Waals surface area contributed by atoms with Crippen molar-refractivity contribution in [3.8, 4) is 0 Å². The number of aliphatic imine (C=N–C) groups is 1. The minimum absolute atomic E-state index is 0.442. The molecule has 1 heterocycles. The van der Waals surface area contributed by atoms with Crippen LogP contribution in [0.25, 0.3) is 0 Å². The number of nitrogens with zero attached hydrogens (tertiary/aromatic N) is 1. The summed E-state index contributed by atoms with van der Waals surface area (Å²) in [4.78, 5) is 4.40. The molecule has 0 spiro atoms. The van der Waals surface area contributed by atoms with E-state index in [1.807, 2.05) is 6.92 Å². The number of benzene rings is 1. The summed E-state index contributed by atoms with van der Waals surface area (Å²) >= 11 is 0. The molecule has 0 saturated carbocycles. The number of anilines is 1. The summed E-state index contributed by atoms with van der Waals surface area (Å²) in [5.41, 5.74) is 9.64. The zero-order valence-electron chi connectivity index (χ0n) is 13.8. The SMILES string of the molecule is CCc1cccc(CC)c1NC(N)=NCCC1(C)OCCO1. The monoisotopic (exact) mass is 305 g/mol. The van der Waals surface area contributed by atoms with Crippen molar-refractivity contribution in [2.75, 3.05) is 25.1 Å². The van der Waals surface area contributed by atoms with Gasteiger partial charge in [-0.3, -0.25) is 4.99 Å².